The van der Waals surface area contributed by atoms with Crippen molar-refractivity contribution < 1.29 is 14.4 Å². The molecule has 4 nitrogen and oxygen atoms in total. The van der Waals surface area contributed by atoms with Gasteiger partial charge in [0.25, 0.3) is 0 Å². The molecule has 0 aliphatic rings. The number of rotatable bonds is 3. The van der Waals surface area contributed by atoms with E-state index in [1.54, 1.807) is 12.1 Å². The minimum Gasteiger partial charge on any atom is -0.350 e. The summed E-state index contributed by atoms with van der Waals surface area (Å²) in [5.74, 6) is 5.25. The van der Waals surface area contributed by atoms with Crippen molar-refractivity contribution in [3.8, 4) is 11.8 Å². The molecule has 0 spiro atoms. The first-order chi connectivity index (χ1) is 11.0. The van der Waals surface area contributed by atoms with Gasteiger partial charge < -0.3 is 5.73 Å². The molecule has 0 saturated heterocycles. The monoisotopic (exact) mass is 334 g/mol. The Labute approximate surface area is 139 Å². The number of carbonyl (C=O) groups is 1. The summed E-state index contributed by atoms with van der Waals surface area (Å²) < 4.78 is 12.8. The number of hydrogen-bond acceptors (Lipinski definition) is 3. The zero-order valence-electron chi connectivity index (χ0n) is 13.0. The van der Waals surface area contributed by atoms with Crippen molar-refractivity contribution in [1.29, 1.82) is 0 Å². The Morgan fingerprint density at radius 3 is 2.52 bits per heavy atom. The highest BCUT2D eigenvalue weighted by molar-refractivity contribution is 7.12. The lowest BCUT2D eigenvalue weighted by Gasteiger charge is -2.05. The number of amides is 2. The van der Waals surface area contributed by atoms with Gasteiger partial charge in [0.2, 0.25) is 0 Å². The molecule has 0 fully saturated rings. The van der Waals surface area contributed by atoms with Gasteiger partial charge in [0.05, 0.1) is 4.88 Å². The zero-order chi connectivity index (χ0) is 17.2. The zero-order valence-corrected chi connectivity index (χ0v) is 13.9. The second kappa shape index (κ2) is 9.62. The summed E-state index contributed by atoms with van der Waals surface area (Å²) in [5, 5.41) is 9.40. The minimum atomic E-state index is -0.938. The number of primary amides is 1. The van der Waals surface area contributed by atoms with E-state index in [2.05, 4.69) is 11.8 Å². The molecule has 0 aliphatic carbocycles. The molecule has 1 aromatic carbocycles. The Kier molecular flexibility index (Phi) is 7.81. The summed E-state index contributed by atoms with van der Waals surface area (Å²) in [4.78, 5) is 12.5. The fraction of sp³-hybridized carbons (Fsp3) is 0.235. The molecule has 0 saturated carbocycles. The molecule has 0 aliphatic heterocycles. The van der Waals surface area contributed by atoms with Gasteiger partial charge in [0, 0.05) is 11.3 Å². The Balaban J connectivity index is 0.00000127. The van der Waals surface area contributed by atoms with Crippen molar-refractivity contribution >= 4 is 17.4 Å². The number of benzene rings is 1. The highest BCUT2D eigenvalue weighted by atomic mass is 32.1. The lowest BCUT2D eigenvalue weighted by Crippen LogP contribution is -2.32. The first-order valence-corrected chi connectivity index (χ1v) is 7.94. The van der Waals surface area contributed by atoms with Crippen LogP contribution in [0, 0.1) is 17.7 Å². The van der Waals surface area contributed by atoms with E-state index in [9.17, 15) is 9.18 Å². The number of nitrogens with zero attached hydrogens (tertiary/aromatic N) is 1. The molecule has 3 N–H and O–H groups in total. The number of hydrogen-bond donors (Lipinski definition) is 2. The Bertz CT molecular complexity index is 687. The fourth-order valence-electron chi connectivity index (χ4n) is 1.62. The van der Waals surface area contributed by atoms with Gasteiger partial charge in [-0.1, -0.05) is 37.8 Å². The van der Waals surface area contributed by atoms with Crippen LogP contribution in [0.2, 0.25) is 0 Å². The molecule has 0 bridgehead atoms. The molecule has 1 aromatic heterocycles. The highest BCUT2D eigenvalue weighted by Crippen LogP contribution is 2.19. The van der Waals surface area contributed by atoms with E-state index < -0.39 is 6.03 Å². The first kappa shape index (κ1) is 18.7. The summed E-state index contributed by atoms with van der Waals surface area (Å²) in [6, 6.07) is 9.23. The van der Waals surface area contributed by atoms with Gasteiger partial charge in [0.15, 0.2) is 0 Å². The third kappa shape index (κ3) is 6.51. The number of urea groups is 1. The Morgan fingerprint density at radius 2 is 1.91 bits per heavy atom. The van der Waals surface area contributed by atoms with Gasteiger partial charge in [-0.2, -0.15) is 5.06 Å². The van der Waals surface area contributed by atoms with Gasteiger partial charge in [-0.3, -0.25) is 5.21 Å². The van der Waals surface area contributed by atoms with Crippen LogP contribution in [0.5, 0.6) is 0 Å². The van der Waals surface area contributed by atoms with Gasteiger partial charge in [-0.15, -0.1) is 11.3 Å². The topological polar surface area (TPSA) is 66.6 Å². The molecule has 6 heteroatoms. The molecular formula is C17H19FN2O2S. The second-order valence-corrected chi connectivity index (χ2v) is 5.44. The number of carbonyl (C=O) groups excluding carboxylic acids is 1. The molecule has 0 radical (unpaired) electrons. The van der Waals surface area contributed by atoms with Crippen molar-refractivity contribution in [2.75, 3.05) is 6.54 Å². The summed E-state index contributed by atoms with van der Waals surface area (Å²) in [6.45, 7) is 3.86. The van der Waals surface area contributed by atoms with Crippen molar-refractivity contribution in [3.05, 3.63) is 57.5 Å². The Hall–Kier alpha value is -2.36. The van der Waals surface area contributed by atoms with E-state index in [1.165, 1.54) is 23.5 Å². The summed E-state index contributed by atoms with van der Waals surface area (Å²) >= 11 is 1.51. The number of thiophene rings is 1. The summed E-state index contributed by atoms with van der Waals surface area (Å²) in [7, 11) is 0. The largest absolute Gasteiger partial charge is 0.350 e. The minimum absolute atomic E-state index is 0.138. The smallest absolute Gasteiger partial charge is 0.339 e. The fourth-order valence-corrected chi connectivity index (χ4v) is 2.54. The van der Waals surface area contributed by atoms with Gasteiger partial charge in [0.1, 0.15) is 12.4 Å². The van der Waals surface area contributed by atoms with Gasteiger partial charge >= 0.3 is 6.03 Å². The van der Waals surface area contributed by atoms with Crippen LogP contribution in [0.3, 0.4) is 0 Å². The molecule has 2 aromatic rings. The predicted molar refractivity (Wildman–Crippen MR) is 89.8 cm³/mol. The summed E-state index contributed by atoms with van der Waals surface area (Å²) in [6.07, 6.45) is 0.708. The highest BCUT2D eigenvalue weighted by Gasteiger charge is 2.02. The van der Waals surface area contributed by atoms with E-state index in [4.69, 9.17) is 10.9 Å². The normalized spacial score (nSPS) is 9.22. The number of halogens is 1. The van der Waals surface area contributed by atoms with E-state index in [0.29, 0.717) is 11.5 Å². The average molecular weight is 334 g/mol. The quantitative estimate of drug-likeness (QED) is 0.511. The third-order valence-corrected chi connectivity index (χ3v) is 3.65. The number of nitrogens with two attached hydrogens (primary N) is 1. The van der Waals surface area contributed by atoms with E-state index in [1.807, 2.05) is 26.0 Å². The number of hydroxylamine groups is 2. The molecule has 2 rings (SSSR count). The van der Waals surface area contributed by atoms with Crippen molar-refractivity contribution in [1.82, 2.24) is 5.06 Å². The SMILES string of the molecule is CC.NC(=O)N(O)CC#Cc1ccc(Cc2ccc(F)cc2)s1. The molecule has 0 atom stereocenters. The van der Waals surface area contributed by atoms with Crippen molar-refractivity contribution in [2.45, 2.75) is 20.3 Å². The van der Waals surface area contributed by atoms with Gasteiger partial charge in [-0.05, 0) is 29.8 Å². The Morgan fingerprint density at radius 1 is 1.26 bits per heavy atom. The average Bonchev–Trinajstić information content (AvgIpc) is 2.99. The van der Waals surface area contributed by atoms with Crippen LogP contribution >= 0.6 is 11.3 Å². The standard InChI is InChI=1S/C15H13FN2O2S.C2H6/c16-12-5-3-11(4-6-12)10-14-8-7-13(21-14)2-1-9-18(20)15(17)19;1-2/h3-8,20H,9-10H2,(H2,17,19);1-2H3. The van der Waals surface area contributed by atoms with Crippen LogP contribution in [-0.4, -0.2) is 22.8 Å². The predicted octanol–water partition coefficient (Wildman–Crippen LogP) is 3.63. The van der Waals surface area contributed by atoms with Crippen molar-refractivity contribution in [2.24, 2.45) is 5.73 Å². The molecule has 122 valence electrons. The van der Waals surface area contributed by atoms with Crippen LogP contribution in [0.1, 0.15) is 29.2 Å². The van der Waals surface area contributed by atoms with Gasteiger partial charge in [-0.25, -0.2) is 9.18 Å². The maximum Gasteiger partial charge on any atom is 0.339 e. The van der Waals surface area contributed by atoms with E-state index in [0.717, 1.165) is 15.3 Å². The lowest BCUT2D eigenvalue weighted by molar-refractivity contribution is -0.0269. The van der Waals surface area contributed by atoms with Crippen LogP contribution < -0.4 is 5.73 Å². The molecule has 1 heterocycles. The van der Waals surface area contributed by atoms with E-state index >= 15 is 0 Å². The maximum absolute atomic E-state index is 12.8. The van der Waals surface area contributed by atoms with Crippen LogP contribution in [0.4, 0.5) is 9.18 Å². The molecule has 23 heavy (non-hydrogen) atoms. The second-order valence-electron chi connectivity index (χ2n) is 4.27. The lowest BCUT2D eigenvalue weighted by atomic mass is 10.1. The van der Waals surface area contributed by atoms with Crippen molar-refractivity contribution in [3.63, 3.8) is 0 Å². The van der Waals surface area contributed by atoms with E-state index in [-0.39, 0.29) is 12.4 Å². The van der Waals surface area contributed by atoms with Crippen LogP contribution in [-0.2, 0) is 6.42 Å². The molecule has 0 unspecified atom stereocenters. The first-order valence-electron chi connectivity index (χ1n) is 7.12. The summed E-state index contributed by atoms with van der Waals surface area (Å²) in [5.41, 5.74) is 5.88. The van der Waals surface area contributed by atoms with Crippen LogP contribution in [0.25, 0.3) is 0 Å². The third-order valence-electron chi connectivity index (χ3n) is 2.65. The molecular weight excluding hydrogens is 315 g/mol. The molecule has 2 amide bonds. The van der Waals surface area contributed by atoms with Crippen LogP contribution in [0.15, 0.2) is 36.4 Å². The maximum atomic E-state index is 12.8.